The zero-order valence-corrected chi connectivity index (χ0v) is 18.9. The predicted octanol–water partition coefficient (Wildman–Crippen LogP) is 4.88. The van der Waals surface area contributed by atoms with Gasteiger partial charge in [0.05, 0.1) is 16.8 Å². The zero-order valence-electron chi connectivity index (χ0n) is 18.1. The van der Waals surface area contributed by atoms with Gasteiger partial charge in [-0.15, -0.1) is 0 Å². The fourth-order valence-corrected chi connectivity index (χ4v) is 3.98. The summed E-state index contributed by atoms with van der Waals surface area (Å²) in [4.78, 5) is 40.6. The number of fused-ring (bicyclic) bond motifs is 2. The Balaban J connectivity index is 1.54. The summed E-state index contributed by atoms with van der Waals surface area (Å²) in [7, 11) is 1.87. The lowest BCUT2D eigenvalue weighted by Crippen LogP contribution is -2.39. The number of nitrogens with one attached hydrogen (secondary N) is 1. The standard InChI is InChI=1S/C26H23ClN2O3/c1-15-8-10-17(11-9-15)14-29(3)16(2)26(32)28-23-13-21-20(12-22(23)27)24(30)18-6-4-5-7-19(18)25(21)31/h4-13,16H,14H2,1-3H3,(H,28,32)/t16-/m1/s1. The van der Waals surface area contributed by atoms with Gasteiger partial charge in [-0.25, -0.2) is 0 Å². The minimum Gasteiger partial charge on any atom is -0.323 e. The van der Waals surface area contributed by atoms with Crippen molar-refractivity contribution in [3.05, 3.63) is 99.1 Å². The average Bonchev–Trinajstić information content (AvgIpc) is 2.79. The second-order valence-corrected chi connectivity index (χ2v) is 8.55. The van der Waals surface area contributed by atoms with Gasteiger partial charge in [-0.05, 0) is 38.6 Å². The molecule has 162 valence electrons. The largest absolute Gasteiger partial charge is 0.323 e. The van der Waals surface area contributed by atoms with Crippen molar-refractivity contribution in [3.63, 3.8) is 0 Å². The number of hydrogen-bond donors (Lipinski definition) is 1. The Morgan fingerprint density at radius 2 is 1.50 bits per heavy atom. The number of halogens is 1. The molecule has 0 saturated carbocycles. The van der Waals surface area contributed by atoms with E-state index in [2.05, 4.69) is 5.32 Å². The third kappa shape index (κ3) is 4.09. The number of ketones is 2. The zero-order chi connectivity index (χ0) is 23.0. The van der Waals surface area contributed by atoms with Gasteiger partial charge in [0.2, 0.25) is 5.91 Å². The van der Waals surface area contributed by atoms with Crippen molar-refractivity contribution in [3.8, 4) is 0 Å². The first kappa shape index (κ1) is 21.9. The summed E-state index contributed by atoms with van der Waals surface area (Å²) in [6.07, 6.45) is 0. The number of benzene rings is 3. The molecule has 1 aliphatic carbocycles. The summed E-state index contributed by atoms with van der Waals surface area (Å²) < 4.78 is 0. The molecule has 3 aromatic rings. The topological polar surface area (TPSA) is 66.5 Å². The SMILES string of the molecule is Cc1ccc(CN(C)[C@H](C)C(=O)Nc2cc3c(cc2Cl)C(=O)c2ccccc2C3=O)cc1. The summed E-state index contributed by atoms with van der Waals surface area (Å²) in [5.74, 6) is -0.760. The van der Waals surface area contributed by atoms with Gasteiger partial charge in [0.1, 0.15) is 0 Å². The van der Waals surface area contributed by atoms with Crippen LogP contribution in [0.1, 0.15) is 49.9 Å². The first-order valence-corrected chi connectivity index (χ1v) is 10.7. The summed E-state index contributed by atoms with van der Waals surface area (Å²) >= 11 is 6.38. The molecule has 3 aromatic carbocycles. The van der Waals surface area contributed by atoms with Crippen molar-refractivity contribution in [2.45, 2.75) is 26.4 Å². The smallest absolute Gasteiger partial charge is 0.241 e. The van der Waals surface area contributed by atoms with Gasteiger partial charge in [-0.2, -0.15) is 0 Å². The average molecular weight is 447 g/mol. The van der Waals surface area contributed by atoms with E-state index in [9.17, 15) is 14.4 Å². The fraction of sp³-hybridized carbons (Fsp3) is 0.192. The van der Waals surface area contributed by atoms with Gasteiger partial charge >= 0.3 is 0 Å². The molecule has 0 aliphatic heterocycles. The lowest BCUT2D eigenvalue weighted by atomic mass is 9.84. The van der Waals surface area contributed by atoms with Crippen LogP contribution in [0, 0.1) is 6.92 Å². The van der Waals surface area contributed by atoms with E-state index in [-0.39, 0.29) is 33.6 Å². The fourth-order valence-electron chi connectivity index (χ4n) is 3.77. The molecule has 6 heteroatoms. The van der Waals surface area contributed by atoms with E-state index in [1.54, 1.807) is 31.2 Å². The molecule has 4 rings (SSSR count). The van der Waals surface area contributed by atoms with E-state index in [4.69, 9.17) is 11.6 Å². The summed E-state index contributed by atoms with van der Waals surface area (Å²) in [6, 6.07) is 17.4. The van der Waals surface area contributed by atoms with Crippen molar-refractivity contribution in [2.75, 3.05) is 12.4 Å². The van der Waals surface area contributed by atoms with E-state index < -0.39 is 6.04 Å². The molecule has 5 nitrogen and oxygen atoms in total. The quantitative estimate of drug-likeness (QED) is 0.474. The number of rotatable bonds is 5. The van der Waals surface area contributed by atoms with Crippen LogP contribution in [-0.4, -0.2) is 35.5 Å². The number of likely N-dealkylation sites (N-methyl/N-ethyl adjacent to an activating group) is 1. The van der Waals surface area contributed by atoms with Crippen molar-refractivity contribution in [1.82, 2.24) is 4.90 Å². The normalized spacial score (nSPS) is 13.5. The van der Waals surface area contributed by atoms with Crippen LogP contribution >= 0.6 is 11.6 Å². The molecular formula is C26H23ClN2O3. The predicted molar refractivity (Wildman–Crippen MR) is 125 cm³/mol. The van der Waals surface area contributed by atoms with E-state index in [0.717, 1.165) is 5.56 Å². The second-order valence-electron chi connectivity index (χ2n) is 8.15. The number of nitrogens with zero attached hydrogens (tertiary/aromatic N) is 1. The lowest BCUT2D eigenvalue weighted by Gasteiger charge is -2.25. The van der Waals surface area contributed by atoms with Crippen LogP contribution in [0.3, 0.4) is 0 Å². The third-order valence-electron chi connectivity index (χ3n) is 5.86. The van der Waals surface area contributed by atoms with Crippen LogP contribution in [0.15, 0.2) is 60.7 Å². The first-order chi connectivity index (χ1) is 15.3. The monoisotopic (exact) mass is 446 g/mol. The van der Waals surface area contributed by atoms with E-state index in [0.29, 0.717) is 23.4 Å². The van der Waals surface area contributed by atoms with Gasteiger partial charge in [0.25, 0.3) is 0 Å². The summed E-state index contributed by atoms with van der Waals surface area (Å²) in [5, 5.41) is 3.03. The van der Waals surface area contributed by atoms with Crippen LogP contribution in [0.4, 0.5) is 5.69 Å². The van der Waals surface area contributed by atoms with Crippen LogP contribution in [0.2, 0.25) is 5.02 Å². The lowest BCUT2D eigenvalue weighted by molar-refractivity contribution is -0.120. The Labute approximate surface area is 192 Å². The first-order valence-electron chi connectivity index (χ1n) is 10.3. The molecule has 1 aliphatic rings. The Kier molecular flexibility index (Phi) is 5.96. The molecule has 0 unspecified atom stereocenters. The number of amides is 1. The number of anilines is 1. The maximum absolute atomic E-state index is 13.0. The van der Waals surface area contributed by atoms with Crippen LogP contribution in [-0.2, 0) is 11.3 Å². The van der Waals surface area contributed by atoms with Crippen molar-refractivity contribution in [2.24, 2.45) is 0 Å². The Bertz CT molecular complexity index is 1230. The number of carbonyl (C=O) groups is 3. The van der Waals surface area contributed by atoms with Crippen molar-refractivity contribution in [1.29, 1.82) is 0 Å². The van der Waals surface area contributed by atoms with Crippen molar-refractivity contribution < 1.29 is 14.4 Å². The van der Waals surface area contributed by atoms with Crippen molar-refractivity contribution >= 4 is 34.8 Å². The van der Waals surface area contributed by atoms with Crippen LogP contribution in [0.5, 0.6) is 0 Å². The molecule has 0 fully saturated rings. The van der Waals surface area contributed by atoms with Crippen LogP contribution < -0.4 is 5.32 Å². The highest BCUT2D eigenvalue weighted by Crippen LogP contribution is 2.33. The van der Waals surface area contributed by atoms with Gasteiger partial charge < -0.3 is 5.32 Å². The Morgan fingerprint density at radius 3 is 2.09 bits per heavy atom. The molecule has 0 spiro atoms. The van der Waals surface area contributed by atoms with Crippen LogP contribution in [0.25, 0.3) is 0 Å². The van der Waals surface area contributed by atoms with Gasteiger partial charge in [0, 0.05) is 28.8 Å². The maximum Gasteiger partial charge on any atom is 0.241 e. The molecule has 1 atom stereocenters. The minimum absolute atomic E-state index is 0.214. The highest BCUT2D eigenvalue weighted by atomic mass is 35.5. The molecule has 0 radical (unpaired) electrons. The molecule has 32 heavy (non-hydrogen) atoms. The molecular weight excluding hydrogens is 424 g/mol. The molecule has 0 aromatic heterocycles. The Morgan fingerprint density at radius 1 is 0.938 bits per heavy atom. The molecule has 0 heterocycles. The number of aryl methyl sites for hydroxylation is 1. The molecule has 1 N–H and O–H groups in total. The summed E-state index contributed by atoms with van der Waals surface area (Å²) in [5.41, 5.74) is 3.81. The molecule has 1 amide bonds. The Hall–Kier alpha value is -3.28. The number of hydrogen-bond acceptors (Lipinski definition) is 4. The summed E-state index contributed by atoms with van der Waals surface area (Å²) in [6.45, 7) is 4.44. The maximum atomic E-state index is 13.0. The van der Waals surface area contributed by atoms with E-state index in [1.165, 1.54) is 17.7 Å². The van der Waals surface area contributed by atoms with E-state index >= 15 is 0 Å². The molecule has 0 saturated heterocycles. The highest BCUT2D eigenvalue weighted by molar-refractivity contribution is 6.36. The van der Waals surface area contributed by atoms with Gasteiger partial charge in [0.15, 0.2) is 11.6 Å². The van der Waals surface area contributed by atoms with Gasteiger partial charge in [-0.3, -0.25) is 19.3 Å². The second kappa shape index (κ2) is 8.69. The number of carbonyl (C=O) groups excluding carboxylic acids is 3. The third-order valence-corrected chi connectivity index (χ3v) is 6.18. The van der Waals surface area contributed by atoms with Gasteiger partial charge in [-0.1, -0.05) is 65.7 Å². The molecule has 0 bridgehead atoms. The minimum atomic E-state index is -0.443. The highest BCUT2D eigenvalue weighted by Gasteiger charge is 2.31. The van der Waals surface area contributed by atoms with E-state index in [1.807, 2.05) is 43.1 Å².